The van der Waals surface area contributed by atoms with Crippen molar-refractivity contribution in [2.24, 2.45) is 17.8 Å². The van der Waals surface area contributed by atoms with Crippen LogP contribution >= 0.6 is 0 Å². The van der Waals surface area contributed by atoms with Gasteiger partial charge in [-0.3, -0.25) is 9.69 Å². The topological polar surface area (TPSA) is 20.3 Å². The number of likely N-dealkylation sites (tertiary alicyclic amines) is 1. The number of hydrogen-bond donors (Lipinski definition) is 0. The summed E-state index contributed by atoms with van der Waals surface area (Å²) in [6.45, 7) is 9.00. The lowest BCUT2D eigenvalue weighted by Crippen LogP contribution is -2.41. The molecule has 1 heterocycles. The van der Waals surface area contributed by atoms with Crippen molar-refractivity contribution in [3.05, 3.63) is 0 Å². The minimum atomic E-state index is 0.316. The van der Waals surface area contributed by atoms with Gasteiger partial charge in [0.25, 0.3) is 0 Å². The molecule has 2 heteroatoms. The fourth-order valence-corrected chi connectivity index (χ4v) is 3.49. The summed E-state index contributed by atoms with van der Waals surface area (Å²) < 4.78 is 0. The van der Waals surface area contributed by atoms with Gasteiger partial charge in [-0.15, -0.1) is 0 Å². The zero-order chi connectivity index (χ0) is 11.7. The van der Waals surface area contributed by atoms with Gasteiger partial charge in [0.05, 0.1) is 0 Å². The maximum absolute atomic E-state index is 12.1. The average molecular weight is 223 g/mol. The molecule has 1 aliphatic carbocycles. The van der Waals surface area contributed by atoms with Crippen molar-refractivity contribution in [2.75, 3.05) is 13.1 Å². The van der Waals surface area contributed by atoms with E-state index in [0.717, 1.165) is 13.0 Å². The van der Waals surface area contributed by atoms with Gasteiger partial charge in [0.1, 0.15) is 5.78 Å². The fourth-order valence-electron chi connectivity index (χ4n) is 3.49. The van der Waals surface area contributed by atoms with Crippen LogP contribution in [0.3, 0.4) is 0 Å². The molecule has 2 aliphatic rings. The lowest BCUT2D eigenvalue weighted by atomic mass is 9.74. The molecule has 0 spiro atoms. The van der Waals surface area contributed by atoms with Gasteiger partial charge < -0.3 is 0 Å². The summed E-state index contributed by atoms with van der Waals surface area (Å²) in [5.74, 6) is 2.03. The van der Waals surface area contributed by atoms with E-state index in [4.69, 9.17) is 0 Å². The van der Waals surface area contributed by atoms with Gasteiger partial charge in [-0.1, -0.05) is 13.8 Å². The lowest BCUT2D eigenvalue weighted by Gasteiger charge is -2.35. The first-order chi connectivity index (χ1) is 7.58. The van der Waals surface area contributed by atoms with Crippen molar-refractivity contribution < 1.29 is 4.79 Å². The Morgan fingerprint density at radius 3 is 2.62 bits per heavy atom. The highest BCUT2D eigenvalue weighted by atomic mass is 16.1. The molecule has 0 aromatic heterocycles. The first kappa shape index (κ1) is 12.1. The number of Topliss-reactive ketones (excluding diaryl/α,β-unsaturated/α-hetero) is 1. The zero-order valence-electron chi connectivity index (χ0n) is 10.9. The van der Waals surface area contributed by atoms with Gasteiger partial charge >= 0.3 is 0 Å². The lowest BCUT2D eigenvalue weighted by molar-refractivity contribution is -0.128. The summed E-state index contributed by atoms with van der Waals surface area (Å²) in [5, 5.41) is 0. The molecular weight excluding hydrogens is 198 g/mol. The number of carbonyl (C=O) groups is 1. The van der Waals surface area contributed by atoms with Crippen LogP contribution in [0.15, 0.2) is 0 Å². The quantitative estimate of drug-likeness (QED) is 0.717. The van der Waals surface area contributed by atoms with E-state index < -0.39 is 0 Å². The number of rotatable bonds is 2. The molecular formula is C14H25NO. The summed E-state index contributed by atoms with van der Waals surface area (Å²) in [6, 6.07) is 0.694. The minimum Gasteiger partial charge on any atom is -0.300 e. The molecule has 1 saturated heterocycles. The van der Waals surface area contributed by atoms with E-state index in [-0.39, 0.29) is 0 Å². The second-order valence-electron chi connectivity index (χ2n) is 6.08. The zero-order valence-corrected chi connectivity index (χ0v) is 10.9. The van der Waals surface area contributed by atoms with Crippen molar-refractivity contribution in [1.82, 2.24) is 4.90 Å². The molecule has 4 unspecified atom stereocenters. The first-order valence-corrected chi connectivity index (χ1v) is 6.84. The van der Waals surface area contributed by atoms with E-state index in [9.17, 15) is 4.79 Å². The molecule has 0 N–H and O–H groups in total. The predicted octanol–water partition coefficient (Wildman–Crippen LogP) is 2.72. The molecule has 0 amide bonds. The van der Waals surface area contributed by atoms with Crippen LogP contribution in [0.25, 0.3) is 0 Å². The van der Waals surface area contributed by atoms with Crippen molar-refractivity contribution in [2.45, 2.75) is 52.5 Å². The molecule has 0 aromatic carbocycles. The Kier molecular flexibility index (Phi) is 3.68. The smallest absolute Gasteiger partial charge is 0.137 e. The van der Waals surface area contributed by atoms with E-state index in [1.807, 2.05) is 0 Å². The van der Waals surface area contributed by atoms with E-state index >= 15 is 0 Å². The van der Waals surface area contributed by atoms with Crippen LogP contribution in [-0.2, 0) is 4.79 Å². The summed E-state index contributed by atoms with van der Waals surface area (Å²) in [6.07, 6.45) is 4.68. The van der Waals surface area contributed by atoms with Crippen molar-refractivity contribution in [3.8, 4) is 0 Å². The Balaban J connectivity index is 1.95. The fraction of sp³-hybridized carbons (Fsp3) is 0.929. The highest BCUT2D eigenvalue weighted by Crippen LogP contribution is 2.32. The number of carbonyl (C=O) groups excluding carboxylic acids is 1. The molecule has 1 aliphatic heterocycles. The van der Waals surface area contributed by atoms with Crippen molar-refractivity contribution >= 4 is 5.78 Å². The third-order valence-corrected chi connectivity index (χ3v) is 4.55. The number of ketones is 1. The van der Waals surface area contributed by atoms with Crippen LogP contribution in [0, 0.1) is 17.8 Å². The number of hydrogen-bond acceptors (Lipinski definition) is 2. The van der Waals surface area contributed by atoms with Crippen LogP contribution in [0.1, 0.15) is 46.5 Å². The summed E-state index contributed by atoms with van der Waals surface area (Å²) in [7, 11) is 0. The molecule has 2 rings (SSSR count). The number of nitrogens with zero attached hydrogens (tertiary/aromatic N) is 1. The highest BCUT2D eigenvalue weighted by Gasteiger charge is 2.35. The monoisotopic (exact) mass is 223 g/mol. The van der Waals surface area contributed by atoms with E-state index in [1.54, 1.807) is 0 Å². The van der Waals surface area contributed by atoms with Crippen LogP contribution in [0.5, 0.6) is 0 Å². The Bertz CT molecular complexity index is 263. The Labute approximate surface area is 99.4 Å². The molecule has 0 radical (unpaired) electrons. The minimum absolute atomic E-state index is 0.316. The first-order valence-electron chi connectivity index (χ1n) is 6.84. The maximum Gasteiger partial charge on any atom is 0.137 e. The SMILES string of the molecule is CC1CC(=O)C(CN2CCCC2C)C(C)C1. The van der Waals surface area contributed by atoms with Gasteiger partial charge in [-0.2, -0.15) is 0 Å². The Morgan fingerprint density at radius 1 is 1.31 bits per heavy atom. The van der Waals surface area contributed by atoms with E-state index in [2.05, 4.69) is 25.7 Å². The standard InChI is InChI=1S/C14H25NO/c1-10-7-11(2)13(14(16)8-10)9-15-6-4-5-12(15)3/h10-13H,4-9H2,1-3H3. The molecule has 4 atom stereocenters. The molecule has 16 heavy (non-hydrogen) atoms. The Hall–Kier alpha value is -0.370. The molecule has 1 saturated carbocycles. The molecule has 2 nitrogen and oxygen atoms in total. The van der Waals surface area contributed by atoms with E-state index in [0.29, 0.717) is 29.6 Å². The third kappa shape index (κ3) is 2.48. The normalized spacial score (nSPS) is 41.6. The van der Waals surface area contributed by atoms with Gasteiger partial charge in [0, 0.05) is 24.9 Å². The van der Waals surface area contributed by atoms with Crippen LogP contribution < -0.4 is 0 Å². The summed E-state index contributed by atoms with van der Waals surface area (Å²) >= 11 is 0. The highest BCUT2D eigenvalue weighted by molar-refractivity contribution is 5.82. The molecule has 2 fully saturated rings. The maximum atomic E-state index is 12.1. The van der Waals surface area contributed by atoms with Crippen molar-refractivity contribution in [3.63, 3.8) is 0 Å². The predicted molar refractivity (Wildman–Crippen MR) is 66.3 cm³/mol. The van der Waals surface area contributed by atoms with E-state index in [1.165, 1.54) is 25.8 Å². The second-order valence-corrected chi connectivity index (χ2v) is 6.08. The molecule has 0 bridgehead atoms. The van der Waals surface area contributed by atoms with Crippen molar-refractivity contribution in [1.29, 1.82) is 0 Å². The van der Waals surface area contributed by atoms with Crippen LogP contribution in [0.2, 0.25) is 0 Å². The average Bonchev–Trinajstić information content (AvgIpc) is 2.57. The van der Waals surface area contributed by atoms with Crippen LogP contribution in [-0.4, -0.2) is 29.8 Å². The van der Waals surface area contributed by atoms with Gasteiger partial charge in [-0.05, 0) is 44.6 Å². The largest absolute Gasteiger partial charge is 0.300 e. The Morgan fingerprint density at radius 2 is 2.06 bits per heavy atom. The van der Waals surface area contributed by atoms with Gasteiger partial charge in [-0.25, -0.2) is 0 Å². The molecule has 92 valence electrons. The second kappa shape index (κ2) is 4.87. The van der Waals surface area contributed by atoms with Gasteiger partial charge in [0.2, 0.25) is 0 Å². The van der Waals surface area contributed by atoms with Gasteiger partial charge in [0.15, 0.2) is 0 Å². The third-order valence-electron chi connectivity index (χ3n) is 4.55. The summed E-state index contributed by atoms with van der Waals surface area (Å²) in [4.78, 5) is 14.6. The van der Waals surface area contributed by atoms with Crippen LogP contribution in [0.4, 0.5) is 0 Å². The molecule has 0 aromatic rings. The summed E-state index contributed by atoms with van der Waals surface area (Å²) in [5.41, 5.74) is 0.